The summed E-state index contributed by atoms with van der Waals surface area (Å²) in [6.45, 7) is 4.60. The largest absolute Gasteiger partial charge is 0.494 e. The van der Waals surface area contributed by atoms with Crippen LogP contribution in [-0.4, -0.2) is 31.6 Å². The number of benzene rings is 2. The molecule has 0 unspecified atom stereocenters. The fourth-order valence-electron chi connectivity index (χ4n) is 2.21. The molecule has 0 aliphatic rings. The minimum absolute atomic E-state index is 0.257. The maximum absolute atomic E-state index is 11.8. The van der Waals surface area contributed by atoms with Gasteiger partial charge < -0.3 is 14.2 Å². The van der Waals surface area contributed by atoms with Crippen molar-refractivity contribution in [3.8, 4) is 17.2 Å². The van der Waals surface area contributed by atoms with Crippen molar-refractivity contribution in [1.29, 1.82) is 0 Å². The summed E-state index contributed by atoms with van der Waals surface area (Å²) in [6, 6.07) is 14.4. The number of hydrazine groups is 1. The van der Waals surface area contributed by atoms with E-state index in [2.05, 4.69) is 10.9 Å². The fraction of sp³-hybridized carbons (Fsp3) is 0.238. The lowest BCUT2D eigenvalue weighted by Crippen LogP contribution is -2.43. The van der Waals surface area contributed by atoms with E-state index in [4.69, 9.17) is 14.2 Å². The van der Waals surface area contributed by atoms with Crippen LogP contribution in [-0.2, 0) is 9.59 Å². The van der Waals surface area contributed by atoms with Gasteiger partial charge in [-0.15, -0.1) is 0 Å². The highest BCUT2D eigenvalue weighted by Gasteiger charge is 2.07. The molecule has 2 aromatic rings. The first-order valence-electron chi connectivity index (χ1n) is 8.96. The summed E-state index contributed by atoms with van der Waals surface area (Å²) in [5, 5.41) is 0. The quantitative estimate of drug-likeness (QED) is 0.513. The molecule has 28 heavy (non-hydrogen) atoms. The Hall–Kier alpha value is -3.48. The number of carbonyl (C=O) groups excluding carboxylic acids is 2. The van der Waals surface area contributed by atoms with Gasteiger partial charge in [0.1, 0.15) is 5.75 Å². The standard InChI is InChI=1S/C21H24N2O5/c1-3-26-17-12-9-16(10-13-17)11-14-20(24)22-23-21(25)15-28-19-8-6-5-7-18(19)27-4-2/h5-14H,3-4,15H2,1-2H3,(H,22,24)(H,23,25)/b14-11+. The highest BCUT2D eigenvalue weighted by atomic mass is 16.5. The number of hydrogen-bond acceptors (Lipinski definition) is 5. The molecule has 2 aromatic carbocycles. The normalized spacial score (nSPS) is 10.4. The van der Waals surface area contributed by atoms with Crippen LogP contribution < -0.4 is 25.1 Å². The maximum Gasteiger partial charge on any atom is 0.276 e. The van der Waals surface area contributed by atoms with Gasteiger partial charge in [-0.05, 0) is 49.8 Å². The lowest BCUT2D eigenvalue weighted by Gasteiger charge is -2.11. The average Bonchev–Trinajstić information content (AvgIpc) is 2.71. The molecule has 0 saturated carbocycles. The Kier molecular flexibility index (Phi) is 8.39. The predicted octanol–water partition coefficient (Wildman–Crippen LogP) is 2.72. The molecule has 0 spiro atoms. The molecule has 0 heterocycles. The summed E-state index contributed by atoms with van der Waals surface area (Å²) in [4.78, 5) is 23.6. The highest BCUT2D eigenvalue weighted by molar-refractivity contribution is 5.93. The molecule has 148 valence electrons. The van der Waals surface area contributed by atoms with Gasteiger partial charge in [0.2, 0.25) is 0 Å². The molecule has 2 N–H and O–H groups in total. The van der Waals surface area contributed by atoms with Crippen LogP contribution >= 0.6 is 0 Å². The second kappa shape index (κ2) is 11.3. The lowest BCUT2D eigenvalue weighted by molar-refractivity contribution is -0.128. The van der Waals surface area contributed by atoms with E-state index in [-0.39, 0.29) is 6.61 Å². The molecule has 0 fully saturated rings. The van der Waals surface area contributed by atoms with Crippen LogP contribution in [0.3, 0.4) is 0 Å². The van der Waals surface area contributed by atoms with Gasteiger partial charge in [-0.25, -0.2) is 0 Å². The number of ether oxygens (including phenoxy) is 3. The average molecular weight is 384 g/mol. The van der Waals surface area contributed by atoms with Crippen LogP contribution in [0, 0.1) is 0 Å². The molecule has 0 aromatic heterocycles. The molecular formula is C21H24N2O5. The SMILES string of the molecule is CCOc1ccc(/C=C/C(=O)NNC(=O)COc2ccccc2OCC)cc1. The highest BCUT2D eigenvalue weighted by Crippen LogP contribution is 2.26. The molecule has 0 radical (unpaired) electrons. The van der Waals surface area contributed by atoms with Gasteiger partial charge in [0, 0.05) is 6.08 Å². The summed E-state index contributed by atoms with van der Waals surface area (Å²) in [5.74, 6) is 0.828. The summed E-state index contributed by atoms with van der Waals surface area (Å²) in [6.07, 6.45) is 2.95. The van der Waals surface area contributed by atoms with E-state index in [0.717, 1.165) is 11.3 Å². The van der Waals surface area contributed by atoms with Crippen molar-refractivity contribution >= 4 is 17.9 Å². The predicted molar refractivity (Wildman–Crippen MR) is 106 cm³/mol. The summed E-state index contributed by atoms with van der Waals surface area (Å²) in [7, 11) is 0. The molecule has 7 nitrogen and oxygen atoms in total. The van der Waals surface area contributed by atoms with Gasteiger partial charge in [0.15, 0.2) is 18.1 Å². The second-order valence-electron chi connectivity index (χ2n) is 5.54. The van der Waals surface area contributed by atoms with Crippen molar-refractivity contribution in [3.63, 3.8) is 0 Å². The minimum atomic E-state index is -0.492. The molecular weight excluding hydrogens is 360 g/mol. The lowest BCUT2D eigenvalue weighted by atomic mass is 10.2. The third kappa shape index (κ3) is 7.03. The van der Waals surface area contributed by atoms with E-state index in [1.807, 2.05) is 44.2 Å². The fourth-order valence-corrected chi connectivity index (χ4v) is 2.21. The molecule has 7 heteroatoms. The number of amides is 2. The third-order valence-corrected chi connectivity index (χ3v) is 3.45. The minimum Gasteiger partial charge on any atom is -0.494 e. The van der Waals surface area contributed by atoms with Crippen molar-refractivity contribution in [2.75, 3.05) is 19.8 Å². The van der Waals surface area contributed by atoms with Crippen LogP contribution in [0.15, 0.2) is 54.6 Å². The van der Waals surface area contributed by atoms with Gasteiger partial charge in [-0.3, -0.25) is 20.4 Å². The molecule has 0 saturated heterocycles. The van der Waals surface area contributed by atoms with Crippen LogP contribution in [0.2, 0.25) is 0 Å². The van der Waals surface area contributed by atoms with Crippen LogP contribution in [0.5, 0.6) is 17.2 Å². The Morgan fingerprint density at radius 3 is 2.14 bits per heavy atom. The third-order valence-electron chi connectivity index (χ3n) is 3.45. The Bertz CT molecular complexity index is 803. The second-order valence-corrected chi connectivity index (χ2v) is 5.54. The molecule has 0 atom stereocenters. The van der Waals surface area contributed by atoms with E-state index < -0.39 is 11.8 Å². The topological polar surface area (TPSA) is 85.9 Å². The first-order valence-corrected chi connectivity index (χ1v) is 8.96. The molecule has 0 aliphatic carbocycles. The number of rotatable bonds is 9. The first kappa shape index (κ1) is 20.8. The van der Waals surface area contributed by atoms with E-state index in [0.29, 0.717) is 24.7 Å². The van der Waals surface area contributed by atoms with Crippen LogP contribution in [0.25, 0.3) is 6.08 Å². The molecule has 2 rings (SSSR count). The van der Waals surface area contributed by atoms with Gasteiger partial charge in [-0.1, -0.05) is 24.3 Å². The molecule has 0 bridgehead atoms. The van der Waals surface area contributed by atoms with Crippen molar-refractivity contribution < 1.29 is 23.8 Å². The first-order chi connectivity index (χ1) is 13.6. The van der Waals surface area contributed by atoms with Crippen molar-refractivity contribution in [1.82, 2.24) is 10.9 Å². The van der Waals surface area contributed by atoms with Gasteiger partial charge in [0.25, 0.3) is 11.8 Å². The van der Waals surface area contributed by atoms with E-state index in [1.54, 1.807) is 24.3 Å². The number of hydrogen-bond donors (Lipinski definition) is 2. The van der Waals surface area contributed by atoms with Crippen molar-refractivity contribution in [2.45, 2.75) is 13.8 Å². The van der Waals surface area contributed by atoms with Gasteiger partial charge in [0.05, 0.1) is 13.2 Å². The zero-order valence-corrected chi connectivity index (χ0v) is 15.9. The smallest absolute Gasteiger partial charge is 0.276 e. The molecule has 0 aliphatic heterocycles. The van der Waals surface area contributed by atoms with E-state index >= 15 is 0 Å². The number of para-hydroxylation sites is 2. The number of carbonyl (C=O) groups is 2. The Morgan fingerprint density at radius 1 is 0.857 bits per heavy atom. The van der Waals surface area contributed by atoms with E-state index in [1.165, 1.54) is 6.08 Å². The number of nitrogens with one attached hydrogen (secondary N) is 2. The molecule has 2 amide bonds. The Morgan fingerprint density at radius 2 is 1.50 bits per heavy atom. The summed E-state index contributed by atoms with van der Waals surface area (Å²) in [5.41, 5.74) is 5.42. The van der Waals surface area contributed by atoms with Gasteiger partial charge >= 0.3 is 0 Å². The van der Waals surface area contributed by atoms with Gasteiger partial charge in [-0.2, -0.15) is 0 Å². The Balaban J connectivity index is 1.75. The Labute approximate surface area is 164 Å². The van der Waals surface area contributed by atoms with E-state index in [9.17, 15) is 9.59 Å². The van der Waals surface area contributed by atoms with Crippen LogP contribution in [0.4, 0.5) is 0 Å². The van der Waals surface area contributed by atoms with Crippen molar-refractivity contribution in [2.24, 2.45) is 0 Å². The monoisotopic (exact) mass is 384 g/mol. The zero-order chi connectivity index (χ0) is 20.2. The summed E-state index contributed by atoms with van der Waals surface area (Å²) < 4.78 is 16.2. The van der Waals surface area contributed by atoms with Crippen LogP contribution in [0.1, 0.15) is 19.4 Å². The maximum atomic E-state index is 11.8. The zero-order valence-electron chi connectivity index (χ0n) is 15.9. The van der Waals surface area contributed by atoms with Crippen molar-refractivity contribution in [3.05, 3.63) is 60.2 Å². The summed E-state index contributed by atoms with van der Waals surface area (Å²) >= 11 is 0.